The van der Waals surface area contributed by atoms with Crippen LogP contribution in [0.3, 0.4) is 0 Å². The van der Waals surface area contributed by atoms with Crippen molar-refractivity contribution in [2.45, 2.75) is 44.6 Å². The Morgan fingerprint density at radius 2 is 1.90 bits per heavy atom. The molecule has 5 nitrogen and oxygen atoms in total. The SMILES string of the molecule is CC(C)CCC(C)NC(=O)c1cc(S(N)(=O)=O)ccc1F. The molecular formula is C14H21FN2O3S. The molecule has 0 aliphatic carbocycles. The molecular weight excluding hydrogens is 295 g/mol. The first-order valence-electron chi connectivity index (χ1n) is 6.74. The van der Waals surface area contributed by atoms with Crippen LogP contribution in [0.15, 0.2) is 23.1 Å². The number of carbonyl (C=O) groups excluding carboxylic acids is 1. The van der Waals surface area contributed by atoms with Crippen molar-refractivity contribution >= 4 is 15.9 Å². The lowest BCUT2D eigenvalue weighted by Crippen LogP contribution is -2.33. The molecule has 0 saturated heterocycles. The molecule has 1 aromatic rings. The third-order valence-corrected chi connectivity index (χ3v) is 3.98. The van der Waals surface area contributed by atoms with Crippen molar-refractivity contribution in [3.05, 3.63) is 29.6 Å². The third kappa shape index (κ3) is 5.43. The normalized spacial score (nSPS) is 13.2. The molecule has 118 valence electrons. The van der Waals surface area contributed by atoms with E-state index in [2.05, 4.69) is 19.2 Å². The molecule has 0 saturated carbocycles. The molecule has 0 fully saturated rings. The van der Waals surface area contributed by atoms with Gasteiger partial charge in [-0.05, 0) is 43.9 Å². The molecule has 21 heavy (non-hydrogen) atoms. The van der Waals surface area contributed by atoms with Crippen molar-refractivity contribution in [2.75, 3.05) is 0 Å². The minimum absolute atomic E-state index is 0.127. The van der Waals surface area contributed by atoms with E-state index in [4.69, 9.17) is 5.14 Å². The number of benzene rings is 1. The maximum absolute atomic E-state index is 13.7. The number of rotatable bonds is 6. The van der Waals surface area contributed by atoms with E-state index in [1.165, 1.54) is 0 Å². The van der Waals surface area contributed by atoms with Gasteiger partial charge in [0.2, 0.25) is 10.0 Å². The number of nitrogens with one attached hydrogen (secondary N) is 1. The summed E-state index contributed by atoms with van der Waals surface area (Å²) in [6.45, 7) is 5.97. The summed E-state index contributed by atoms with van der Waals surface area (Å²) in [6.07, 6.45) is 1.70. The van der Waals surface area contributed by atoms with Gasteiger partial charge < -0.3 is 5.32 Å². The van der Waals surface area contributed by atoms with Crippen LogP contribution in [-0.4, -0.2) is 20.4 Å². The first kappa shape index (κ1) is 17.6. The number of hydrogen-bond acceptors (Lipinski definition) is 3. The molecule has 0 radical (unpaired) electrons. The molecule has 3 N–H and O–H groups in total. The van der Waals surface area contributed by atoms with Gasteiger partial charge in [0.05, 0.1) is 10.5 Å². The molecule has 0 heterocycles. The Morgan fingerprint density at radius 1 is 1.29 bits per heavy atom. The van der Waals surface area contributed by atoms with Crippen molar-refractivity contribution < 1.29 is 17.6 Å². The lowest BCUT2D eigenvalue weighted by atomic mass is 10.0. The van der Waals surface area contributed by atoms with Gasteiger partial charge in [-0.2, -0.15) is 0 Å². The fourth-order valence-electron chi connectivity index (χ4n) is 1.81. The largest absolute Gasteiger partial charge is 0.349 e. The number of carbonyl (C=O) groups is 1. The maximum atomic E-state index is 13.7. The summed E-state index contributed by atoms with van der Waals surface area (Å²) >= 11 is 0. The van der Waals surface area contributed by atoms with Gasteiger partial charge in [0.1, 0.15) is 5.82 Å². The number of sulfonamides is 1. The zero-order valence-corrected chi connectivity index (χ0v) is 13.2. The van der Waals surface area contributed by atoms with Crippen LogP contribution >= 0.6 is 0 Å². The smallest absolute Gasteiger partial charge is 0.254 e. The Labute approximate surface area is 124 Å². The Morgan fingerprint density at radius 3 is 2.43 bits per heavy atom. The topological polar surface area (TPSA) is 89.3 Å². The van der Waals surface area contributed by atoms with Gasteiger partial charge in [-0.3, -0.25) is 4.79 Å². The molecule has 1 aromatic carbocycles. The van der Waals surface area contributed by atoms with Crippen molar-refractivity contribution in [2.24, 2.45) is 11.1 Å². The van der Waals surface area contributed by atoms with E-state index in [0.29, 0.717) is 5.92 Å². The average molecular weight is 316 g/mol. The monoisotopic (exact) mass is 316 g/mol. The van der Waals surface area contributed by atoms with Crippen LogP contribution in [0.2, 0.25) is 0 Å². The summed E-state index contributed by atoms with van der Waals surface area (Å²) in [7, 11) is -3.97. The summed E-state index contributed by atoms with van der Waals surface area (Å²) in [6, 6.07) is 2.78. The molecule has 1 atom stereocenters. The third-order valence-electron chi connectivity index (χ3n) is 3.07. The highest BCUT2D eigenvalue weighted by atomic mass is 32.2. The van der Waals surface area contributed by atoms with Gasteiger partial charge in [-0.25, -0.2) is 17.9 Å². The standard InChI is InChI=1S/C14H21FN2O3S/c1-9(2)4-5-10(3)17-14(18)12-8-11(21(16,19)20)6-7-13(12)15/h6-10H,4-5H2,1-3H3,(H,17,18)(H2,16,19,20). The van der Waals surface area contributed by atoms with Gasteiger partial charge >= 0.3 is 0 Å². The van der Waals surface area contributed by atoms with Crippen LogP contribution in [0.25, 0.3) is 0 Å². The molecule has 0 aliphatic heterocycles. The van der Waals surface area contributed by atoms with E-state index >= 15 is 0 Å². The molecule has 1 rings (SSSR count). The second-order valence-electron chi connectivity index (χ2n) is 5.53. The molecule has 0 aromatic heterocycles. The van der Waals surface area contributed by atoms with Crippen LogP contribution in [0, 0.1) is 11.7 Å². The van der Waals surface area contributed by atoms with E-state index in [1.807, 2.05) is 6.92 Å². The van der Waals surface area contributed by atoms with Crippen LogP contribution in [0.4, 0.5) is 4.39 Å². The highest BCUT2D eigenvalue weighted by Gasteiger charge is 2.18. The molecule has 0 aliphatic rings. The zero-order chi connectivity index (χ0) is 16.2. The van der Waals surface area contributed by atoms with Gasteiger partial charge in [-0.15, -0.1) is 0 Å². The summed E-state index contributed by atoms with van der Waals surface area (Å²) in [4.78, 5) is 11.7. The second-order valence-corrected chi connectivity index (χ2v) is 7.09. The summed E-state index contributed by atoms with van der Waals surface area (Å²) in [5, 5.41) is 7.63. The molecule has 0 bridgehead atoms. The summed E-state index contributed by atoms with van der Waals surface area (Å²) < 4.78 is 36.2. The minimum Gasteiger partial charge on any atom is -0.349 e. The number of hydrogen-bond donors (Lipinski definition) is 2. The van der Waals surface area contributed by atoms with E-state index in [-0.39, 0.29) is 16.5 Å². The Hall–Kier alpha value is -1.47. The van der Waals surface area contributed by atoms with Gasteiger partial charge in [0, 0.05) is 6.04 Å². The quantitative estimate of drug-likeness (QED) is 0.841. The highest BCUT2D eigenvalue weighted by Crippen LogP contribution is 2.15. The van der Waals surface area contributed by atoms with Gasteiger partial charge in [-0.1, -0.05) is 13.8 Å². The number of primary sulfonamides is 1. The fourth-order valence-corrected chi connectivity index (χ4v) is 2.35. The van der Waals surface area contributed by atoms with Crippen LogP contribution < -0.4 is 10.5 Å². The lowest BCUT2D eigenvalue weighted by Gasteiger charge is -2.15. The fraction of sp³-hybridized carbons (Fsp3) is 0.500. The average Bonchev–Trinajstić information content (AvgIpc) is 2.35. The van der Waals surface area contributed by atoms with Crippen molar-refractivity contribution in [3.63, 3.8) is 0 Å². The molecule has 7 heteroatoms. The van der Waals surface area contributed by atoms with Crippen molar-refractivity contribution in [3.8, 4) is 0 Å². The highest BCUT2D eigenvalue weighted by molar-refractivity contribution is 7.89. The Bertz CT molecular complexity index is 615. The summed E-state index contributed by atoms with van der Waals surface area (Å²) in [5.41, 5.74) is -0.321. The summed E-state index contributed by atoms with van der Waals surface area (Å²) in [5.74, 6) is -0.919. The number of nitrogens with two attached hydrogens (primary N) is 1. The zero-order valence-electron chi connectivity index (χ0n) is 12.4. The lowest BCUT2D eigenvalue weighted by molar-refractivity contribution is 0.0933. The minimum atomic E-state index is -3.97. The van der Waals surface area contributed by atoms with Gasteiger partial charge in [0.15, 0.2) is 0 Å². The van der Waals surface area contributed by atoms with Crippen LogP contribution in [0.1, 0.15) is 44.0 Å². The predicted molar refractivity (Wildman–Crippen MR) is 78.8 cm³/mol. The first-order chi connectivity index (χ1) is 9.61. The van der Waals surface area contributed by atoms with E-state index in [1.54, 1.807) is 0 Å². The predicted octanol–water partition coefficient (Wildman–Crippen LogP) is 2.03. The Balaban J connectivity index is 2.87. The van der Waals surface area contributed by atoms with Crippen LogP contribution in [-0.2, 0) is 10.0 Å². The first-order valence-corrected chi connectivity index (χ1v) is 8.29. The van der Waals surface area contributed by atoms with Crippen molar-refractivity contribution in [1.29, 1.82) is 0 Å². The molecule has 1 amide bonds. The number of halogens is 1. The maximum Gasteiger partial charge on any atom is 0.254 e. The Kier molecular flexibility index (Phi) is 5.86. The van der Waals surface area contributed by atoms with E-state index < -0.39 is 21.7 Å². The molecule has 0 spiro atoms. The van der Waals surface area contributed by atoms with Crippen molar-refractivity contribution in [1.82, 2.24) is 5.32 Å². The van der Waals surface area contributed by atoms with E-state index in [9.17, 15) is 17.6 Å². The second kappa shape index (κ2) is 7.00. The molecule has 1 unspecified atom stereocenters. The van der Waals surface area contributed by atoms with Gasteiger partial charge in [0.25, 0.3) is 5.91 Å². The van der Waals surface area contributed by atoms with Crippen LogP contribution in [0.5, 0.6) is 0 Å². The van der Waals surface area contributed by atoms with E-state index in [0.717, 1.165) is 31.0 Å². The number of amides is 1.